The van der Waals surface area contributed by atoms with Crippen molar-refractivity contribution in [3.63, 3.8) is 0 Å². The molecule has 226 valence electrons. The Bertz CT molecular complexity index is 2270. The molecule has 0 aliphatic carbocycles. The summed E-state index contributed by atoms with van der Waals surface area (Å²) in [6, 6.07) is 24.1. The number of aryl methyl sites for hydroxylation is 2. The van der Waals surface area contributed by atoms with Gasteiger partial charge < -0.3 is 38.9 Å². The van der Waals surface area contributed by atoms with Crippen LogP contribution in [0.1, 0.15) is 12.8 Å². The van der Waals surface area contributed by atoms with Gasteiger partial charge in [-0.05, 0) is 36.4 Å². The van der Waals surface area contributed by atoms with Crippen LogP contribution in [0.5, 0.6) is 11.6 Å². The average molecular weight is 600 g/mol. The fourth-order valence-electron chi connectivity index (χ4n) is 7.79. The number of hydrogen-bond acceptors (Lipinski definition) is 5. The van der Waals surface area contributed by atoms with Crippen LogP contribution in [-0.2, 0) is 17.8 Å². The molecule has 0 spiro atoms. The number of amides is 1. The molecule has 9 rings (SSSR count). The van der Waals surface area contributed by atoms with Gasteiger partial charge in [-0.2, -0.15) is 0 Å². The molecule has 0 bridgehead atoms. The van der Waals surface area contributed by atoms with Crippen LogP contribution < -0.4 is 4.90 Å². The lowest BCUT2D eigenvalue weighted by atomic mass is 10.0. The predicted octanol–water partition coefficient (Wildman–Crippen LogP) is 6.92. The molecule has 7 aromatic rings. The SMILES string of the molecule is O=C(OC1CCn2c3ccccc3c3c4c[nH]c(O)c4c4c5ccccc5n(c4c32)CC1)N1CCN(c2ccc(O)cc2)CC1. The number of fused-ring (bicyclic) bond motifs is 9. The third-order valence-electron chi connectivity index (χ3n) is 9.91. The number of anilines is 1. The van der Waals surface area contributed by atoms with Gasteiger partial charge in [-0.25, -0.2) is 4.79 Å². The number of para-hydroxylation sites is 2. The van der Waals surface area contributed by atoms with Crippen molar-refractivity contribution in [2.45, 2.75) is 32.0 Å². The molecule has 3 aromatic heterocycles. The van der Waals surface area contributed by atoms with Crippen LogP contribution in [0, 0.1) is 0 Å². The molecule has 9 nitrogen and oxygen atoms in total. The molecule has 45 heavy (non-hydrogen) atoms. The van der Waals surface area contributed by atoms with Crippen molar-refractivity contribution in [3.8, 4) is 11.6 Å². The molecule has 2 aliphatic heterocycles. The molecular weight excluding hydrogens is 566 g/mol. The number of carbonyl (C=O) groups is 1. The highest BCUT2D eigenvalue weighted by Crippen LogP contribution is 2.47. The number of H-pyrrole nitrogens is 1. The van der Waals surface area contributed by atoms with Crippen molar-refractivity contribution < 1.29 is 19.7 Å². The van der Waals surface area contributed by atoms with Crippen LogP contribution in [0.2, 0.25) is 0 Å². The van der Waals surface area contributed by atoms with E-state index >= 15 is 0 Å². The van der Waals surface area contributed by atoms with Gasteiger partial charge in [-0.1, -0.05) is 36.4 Å². The van der Waals surface area contributed by atoms with Crippen molar-refractivity contribution in [2.24, 2.45) is 0 Å². The van der Waals surface area contributed by atoms with E-state index in [4.69, 9.17) is 4.74 Å². The minimum absolute atomic E-state index is 0.184. The van der Waals surface area contributed by atoms with E-state index in [-0.39, 0.29) is 23.8 Å². The van der Waals surface area contributed by atoms with Crippen LogP contribution in [0.3, 0.4) is 0 Å². The lowest BCUT2D eigenvalue weighted by Crippen LogP contribution is -2.49. The Balaban J connectivity index is 1.10. The van der Waals surface area contributed by atoms with Gasteiger partial charge in [-0.3, -0.25) is 0 Å². The second-order valence-electron chi connectivity index (χ2n) is 12.3. The summed E-state index contributed by atoms with van der Waals surface area (Å²) in [6.45, 7) is 3.97. The number of nitrogens with one attached hydrogen (secondary N) is 1. The lowest BCUT2D eigenvalue weighted by molar-refractivity contribution is 0.0505. The van der Waals surface area contributed by atoms with Crippen LogP contribution in [0.25, 0.3) is 54.4 Å². The molecule has 1 atom stereocenters. The molecular formula is C36H33N5O4. The number of piperazine rings is 1. The summed E-state index contributed by atoms with van der Waals surface area (Å²) >= 11 is 0. The molecule has 1 fully saturated rings. The number of phenolic OH excluding ortho intramolecular Hbond substituents is 1. The topological polar surface area (TPSA) is 98.9 Å². The number of ether oxygens (including phenoxy) is 1. The van der Waals surface area contributed by atoms with Gasteiger partial charge in [0.15, 0.2) is 5.88 Å². The minimum Gasteiger partial charge on any atom is -0.508 e. The van der Waals surface area contributed by atoms with Gasteiger partial charge in [0.2, 0.25) is 0 Å². The van der Waals surface area contributed by atoms with Crippen molar-refractivity contribution in [1.29, 1.82) is 0 Å². The standard InChI is InChI=1S/C36H33N5O4/c42-23-11-9-22(10-12-23)38-17-19-39(20-18-38)36(44)45-24-13-15-40-28-7-3-1-5-25(28)30-27-21-37-35(43)32(27)31-26-6-2-4-8-29(26)41(16-14-24)34(31)33(30)40/h1-12,21,24,37,42-43H,13-20H2. The summed E-state index contributed by atoms with van der Waals surface area (Å²) in [5.41, 5.74) is 5.55. The minimum atomic E-state index is -0.258. The third kappa shape index (κ3) is 3.89. The molecule has 4 aromatic carbocycles. The number of benzene rings is 4. The van der Waals surface area contributed by atoms with E-state index in [0.717, 1.165) is 60.1 Å². The smallest absolute Gasteiger partial charge is 0.410 e. The Kier molecular flexibility index (Phi) is 5.72. The molecule has 2 aliphatic rings. The van der Waals surface area contributed by atoms with Gasteiger partial charge in [0, 0.05) is 102 Å². The second kappa shape index (κ2) is 9.85. The zero-order valence-electron chi connectivity index (χ0n) is 24.7. The lowest BCUT2D eigenvalue weighted by Gasteiger charge is -2.36. The van der Waals surface area contributed by atoms with E-state index < -0.39 is 0 Å². The number of nitrogens with zero attached hydrogens (tertiary/aromatic N) is 4. The number of rotatable bonds is 2. The summed E-state index contributed by atoms with van der Waals surface area (Å²) in [5.74, 6) is 0.432. The summed E-state index contributed by atoms with van der Waals surface area (Å²) in [6.07, 6.45) is 2.81. The maximum atomic E-state index is 13.5. The highest BCUT2D eigenvalue weighted by molar-refractivity contribution is 6.36. The number of aromatic amines is 1. The third-order valence-corrected chi connectivity index (χ3v) is 9.91. The number of hydrogen-bond donors (Lipinski definition) is 3. The van der Waals surface area contributed by atoms with E-state index in [1.54, 1.807) is 12.1 Å². The van der Waals surface area contributed by atoms with Crippen LogP contribution >= 0.6 is 0 Å². The van der Waals surface area contributed by atoms with E-state index in [1.807, 2.05) is 23.2 Å². The predicted molar refractivity (Wildman–Crippen MR) is 177 cm³/mol. The van der Waals surface area contributed by atoms with Crippen molar-refractivity contribution >= 4 is 66.2 Å². The molecule has 9 heteroatoms. The van der Waals surface area contributed by atoms with Gasteiger partial charge in [0.1, 0.15) is 11.9 Å². The molecule has 0 radical (unpaired) electrons. The highest BCUT2D eigenvalue weighted by atomic mass is 16.6. The summed E-state index contributed by atoms with van der Waals surface area (Å²) in [4.78, 5) is 20.7. The molecule has 1 unspecified atom stereocenters. The van der Waals surface area contributed by atoms with E-state index in [0.29, 0.717) is 52.1 Å². The van der Waals surface area contributed by atoms with Crippen molar-refractivity contribution in [3.05, 3.63) is 79.0 Å². The summed E-state index contributed by atoms with van der Waals surface area (Å²) < 4.78 is 11.1. The molecule has 0 saturated carbocycles. The summed E-state index contributed by atoms with van der Waals surface area (Å²) in [7, 11) is 0. The van der Waals surface area contributed by atoms with Gasteiger partial charge in [0.05, 0.1) is 16.4 Å². The van der Waals surface area contributed by atoms with Crippen molar-refractivity contribution in [2.75, 3.05) is 31.1 Å². The van der Waals surface area contributed by atoms with Crippen molar-refractivity contribution in [1.82, 2.24) is 19.0 Å². The van der Waals surface area contributed by atoms with E-state index in [9.17, 15) is 15.0 Å². The molecule has 3 N–H and O–H groups in total. The maximum Gasteiger partial charge on any atom is 0.410 e. The number of carbonyl (C=O) groups excluding carboxylic acids is 1. The van der Waals surface area contributed by atoms with E-state index in [2.05, 4.69) is 67.5 Å². The fourth-order valence-corrected chi connectivity index (χ4v) is 7.79. The number of aromatic nitrogens is 3. The normalized spacial score (nSPS) is 17.5. The first-order valence-electron chi connectivity index (χ1n) is 15.7. The van der Waals surface area contributed by atoms with Crippen LogP contribution in [0.4, 0.5) is 10.5 Å². The van der Waals surface area contributed by atoms with Gasteiger partial charge in [0.25, 0.3) is 0 Å². The monoisotopic (exact) mass is 599 g/mol. The molecule has 1 saturated heterocycles. The highest BCUT2D eigenvalue weighted by Gasteiger charge is 2.29. The Morgan fingerprint density at radius 1 is 0.689 bits per heavy atom. The Labute approximate surface area is 258 Å². The number of aromatic hydroxyl groups is 2. The summed E-state index contributed by atoms with van der Waals surface area (Å²) in [5, 5.41) is 27.1. The fraction of sp³-hybridized carbons (Fsp3) is 0.250. The quantitative estimate of drug-likeness (QED) is 0.201. The van der Waals surface area contributed by atoms with E-state index in [1.165, 1.54) is 0 Å². The molecule has 1 amide bonds. The average Bonchev–Trinajstić information content (AvgIpc) is 3.73. The Morgan fingerprint density at radius 2 is 1.29 bits per heavy atom. The van der Waals surface area contributed by atoms with Gasteiger partial charge >= 0.3 is 6.09 Å². The number of phenols is 1. The zero-order chi connectivity index (χ0) is 30.2. The second-order valence-corrected chi connectivity index (χ2v) is 12.3. The maximum absolute atomic E-state index is 13.5. The van der Waals surface area contributed by atoms with Crippen LogP contribution in [0.15, 0.2) is 79.0 Å². The first kappa shape index (κ1) is 26.1. The first-order chi connectivity index (χ1) is 22.1. The van der Waals surface area contributed by atoms with Crippen LogP contribution in [-0.4, -0.2) is 67.6 Å². The first-order valence-corrected chi connectivity index (χ1v) is 15.7. The molecule has 5 heterocycles. The zero-order valence-corrected chi connectivity index (χ0v) is 24.7. The largest absolute Gasteiger partial charge is 0.508 e. The Morgan fingerprint density at radius 3 is 1.96 bits per heavy atom. The Hall–Kier alpha value is -5.31. The van der Waals surface area contributed by atoms with Gasteiger partial charge in [-0.15, -0.1) is 0 Å².